The van der Waals surface area contributed by atoms with Crippen LogP contribution in [-0.4, -0.2) is 18.0 Å². The number of halogens is 1. The molecule has 1 amide bonds. The molecule has 1 fully saturated rings. The zero-order valence-corrected chi connectivity index (χ0v) is 13.6. The summed E-state index contributed by atoms with van der Waals surface area (Å²) in [6.45, 7) is 1.97. The molecule has 1 aliphatic heterocycles. The monoisotopic (exact) mass is 333 g/mol. The molecule has 1 saturated heterocycles. The topological polar surface area (TPSA) is 66.3 Å². The van der Waals surface area contributed by atoms with Crippen molar-refractivity contribution in [2.75, 3.05) is 0 Å². The lowest BCUT2D eigenvalue weighted by molar-refractivity contribution is -0.123. The van der Waals surface area contributed by atoms with Gasteiger partial charge >= 0.3 is 0 Å². The average Bonchev–Trinajstić information content (AvgIpc) is 3.18. The molecule has 5 nitrogen and oxygen atoms in total. The minimum atomic E-state index is -0.266. The van der Waals surface area contributed by atoms with Crippen molar-refractivity contribution in [3.05, 3.63) is 59.0 Å². The number of hydrogen-bond acceptors (Lipinski definition) is 4. The molecule has 0 bridgehead atoms. The van der Waals surface area contributed by atoms with Gasteiger partial charge in [-0.15, -0.1) is 0 Å². The number of rotatable bonds is 5. The first-order valence-electron chi connectivity index (χ1n) is 7.71. The van der Waals surface area contributed by atoms with Crippen molar-refractivity contribution in [1.82, 2.24) is 16.2 Å². The van der Waals surface area contributed by atoms with E-state index in [0.29, 0.717) is 17.9 Å². The Kier molecular flexibility index (Phi) is 5.00. The summed E-state index contributed by atoms with van der Waals surface area (Å²) in [7, 11) is 0. The lowest BCUT2D eigenvalue weighted by Crippen LogP contribution is -2.46. The molecule has 3 atom stereocenters. The molecule has 2 heterocycles. The maximum atomic E-state index is 12.4. The maximum Gasteiger partial charge on any atom is 0.238 e. The number of hydrazine groups is 1. The molecule has 3 rings (SSSR count). The third-order valence-electron chi connectivity index (χ3n) is 3.95. The summed E-state index contributed by atoms with van der Waals surface area (Å²) in [5.74, 6) is 0.855. The van der Waals surface area contributed by atoms with E-state index in [2.05, 4.69) is 16.2 Å². The van der Waals surface area contributed by atoms with E-state index >= 15 is 0 Å². The molecule has 23 heavy (non-hydrogen) atoms. The normalized spacial score (nSPS) is 22.0. The van der Waals surface area contributed by atoms with Gasteiger partial charge in [0.15, 0.2) is 0 Å². The third kappa shape index (κ3) is 4.13. The molecule has 0 aliphatic carbocycles. The minimum Gasteiger partial charge on any atom is -0.469 e. The second kappa shape index (κ2) is 7.17. The summed E-state index contributed by atoms with van der Waals surface area (Å²) >= 11 is 6.02. The molecule has 1 aromatic heterocycles. The Morgan fingerprint density at radius 3 is 3.00 bits per heavy atom. The number of amides is 1. The van der Waals surface area contributed by atoms with Crippen LogP contribution in [0.1, 0.15) is 30.7 Å². The van der Waals surface area contributed by atoms with Gasteiger partial charge < -0.3 is 9.73 Å². The molecule has 3 N–H and O–H groups in total. The van der Waals surface area contributed by atoms with Crippen molar-refractivity contribution >= 4 is 17.5 Å². The van der Waals surface area contributed by atoms with E-state index in [1.807, 2.05) is 43.3 Å². The van der Waals surface area contributed by atoms with Crippen LogP contribution in [0, 0.1) is 0 Å². The Balaban J connectivity index is 1.53. The van der Waals surface area contributed by atoms with Crippen LogP contribution in [0.2, 0.25) is 5.02 Å². The van der Waals surface area contributed by atoms with Crippen LogP contribution in [0.4, 0.5) is 0 Å². The van der Waals surface area contributed by atoms with Crippen LogP contribution in [0.25, 0.3) is 0 Å². The second-order valence-corrected chi connectivity index (χ2v) is 6.31. The van der Waals surface area contributed by atoms with Crippen molar-refractivity contribution in [3.63, 3.8) is 0 Å². The van der Waals surface area contributed by atoms with E-state index in [-0.39, 0.29) is 24.0 Å². The summed E-state index contributed by atoms with van der Waals surface area (Å²) in [5.41, 5.74) is 7.30. The van der Waals surface area contributed by atoms with Crippen LogP contribution >= 0.6 is 11.6 Å². The number of carbonyl (C=O) groups excluding carboxylic acids is 1. The van der Waals surface area contributed by atoms with Gasteiger partial charge in [0.1, 0.15) is 11.8 Å². The first-order valence-corrected chi connectivity index (χ1v) is 8.09. The molecular formula is C17H20ClN3O2. The van der Waals surface area contributed by atoms with Gasteiger partial charge in [-0.05, 0) is 43.2 Å². The number of nitrogens with one attached hydrogen (secondary N) is 3. The highest BCUT2D eigenvalue weighted by Gasteiger charge is 2.30. The highest BCUT2D eigenvalue weighted by Crippen LogP contribution is 2.24. The van der Waals surface area contributed by atoms with E-state index in [1.165, 1.54) is 0 Å². The van der Waals surface area contributed by atoms with E-state index in [4.69, 9.17) is 16.0 Å². The Bertz CT molecular complexity index is 660. The highest BCUT2D eigenvalue weighted by atomic mass is 35.5. The molecule has 6 heteroatoms. The smallest absolute Gasteiger partial charge is 0.238 e. The fourth-order valence-corrected chi connectivity index (χ4v) is 2.99. The maximum absolute atomic E-state index is 12.4. The quantitative estimate of drug-likeness (QED) is 0.787. The van der Waals surface area contributed by atoms with Crippen molar-refractivity contribution in [2.45, 2.75) is 37.9 Å². The van der Waals surface area contributed by atoms with Crippen LogP contribution in [0.15, 0.2) is 47.1 Å². The largest absolute Gasteiger partial charge is 0.469 e. The molecular weight excluding hydrogens is 314 g/mol. The fraction of sp³-hybridized carbons (Fsp3) is 0.353. The molecule has 1 aliphatic rings. The molecule has 0 radical (unpaired) electrons. The Labute approximate surface area is 140 Å². The van der Waals surface area contributed by atoms with Crippen molar-refractivity contribution < 1.29 is 9.21 Å². The van der Waals surface area contributed by atoms with E-state index in [0.717, 1.165) is 11.3 Å². The SMILES string of the molecule is CC(Cc1ccco1)NC(=O)C1CC(c2cccc(Cl)c2)NN1. The van der Waals surface area contributed by atoms with Gasteiger partial charge in [0, 0.05) is 23.5 Å². The molecule has 122 valence electrons. The van der Waals surface area contributed by atoms with Crippen LogP contribution in [0.3, 0.4) is 0 Å². The minimum absolute atomic E-state index is 0.0129. The van der Waals surface area contributed by atoms with Gasteiger partial charge in [-0.1, -0.05) is 23.7 Å². The summed E-state index contributed by atoms with van der Waals surface area (Å²) in [4.78, 5) is 12.4. The van der Waals surface area contributed by atoms with Gasteiger partial charge in [-0.3, -0.25) is 4.79 Å². The number of benzene rings is 1. The molecule has 1 aromatic carbocycles. The molecule has 0 spiro atoms. The van der Waals surface area contributed by atoms with Crippen molar-refractivity contribution in [2.24, 2.45) is 0 Å². The summed E-state index contributed by atoms with van der Waals surface area (Å²) in [6, 6.07) is 11.3. The van der Waals surface area contributed by atoms with Gasteiger partial charge in [0.05, 0.1) is 6.26 Å². The predicted octanol–water partition coefficient (Wildman–Crippen LogP) is 2.59. The van der Waals surface area contributed by atoms with Gasteiger partial charge in [-0.2, -0.15) is 0 Å². The lowest BCUT2D eigenvalue weighted by Gasteiger charge is -2.16. The van der Waals surface area contributed by atoms with Gasteiger partial charge in [0.25, 0.3) is 0 Å². The fourth-order valence-electron chi connectivity index (χ4n) is 2.80. The summed E-state index contributed by atoms with van der Waals surface area (Å²) in [6.07, 6.45) is 3.00. The first kappa shape index (κ1) is 16.1. The van der Waals surface area contributed by atoms with Crippen LogP contribution in [0.5, 0.6) is 0 Å². The standard InChI is InChI=1S/C17H20ClN3O2/c1-11(8-14-6-3-7-23-14)19-17(22)16-10-15(20-21-16)12-4-2-5-13(18)9-12/h2-7,9,11,15-16,20-21H,8,10H2,1H3,(H,19,22). The third-order valence-corrected chi connectivity index (χ3v) is 4.18. The summed E-state index contributed by atoms with van der Waals surface area (Å²) < 4.78 is 5.31. The Morgan fingerprint density at radius 2 is 2.26 bits per heavy atom. The predicted molar refractivity (Wildman–Crippen MR) is 88.9 cm³/mol. The van der Waals surface area contributed by atoms with Crippen molar-refractivity contribution in [3.8, 4) is 0 Å². The highest BCUT2D eigenvalue weighted by molar-refractivity contribution is 6.30. The van der Waals surface area contributed by atoms with Gasteiger partial charge in [-0.25, -0.2) is 10.9 Å². The Morgan fingerprint density at radius 1 is 1.39 bits per heavy atom. The van der Waals surface area contributed by atoms with E-state index in [1.54, 1.807) is 6.26 Å². The number of carbonyl (C=O) groups is 1. The van der Waals surface area contributed by atoms with Gasteiger partial charge in [0.2, 0.25) is 5.91 Å². The zero-order chi connectivity index (χ0) is 16.2. The average molecular weight is 334 g/mol. The first-order chi connectivity index (χ1) is 11.1. The molecule has 3 unspecified atom stereocenters. The van der Waals surface area contributed by atoms with E-state index in [9.17, 15) is 4.79 Å². The van der Waals surface area contributed by atoms with Crippen molar-refractivity contribution in [1.29, 1.82) is 0 Å². The molecule has 2 aromatic rings. The van der Waals surface area contributed by atoms with Crippen LogP contribution in [-0.2, 0) is 11.2 Å². The number of furan rings is 1. The second-order valence-electron chi connectivity index (χ2n) is 5.88. The Hall–Kier alpha value is -1.82. The van der Waals surface area contributed by atoms with E-state index < -0.39 is 0 Å². The number of hydrogen-bond donors (Lipinski definition) is 3. The lowest BCUT2D eigenvalue weighted by atomic mass is 10.0. The summed E-state index contributed by atoms with van der Waals surface area (Å²) in [5, 5.41) is 3.71. The molecule has 0 saturated carbocycles. The van der Waals surface area contributed by atoms with Crippen LogP contribution < -0.4 is 16.2 Å². The zero-order valence-electron chi connectivity index (χ0n) is 12.9.